The van der Waals surface area contributed by atoms with Crippen LogP contribution in [0.2, 0.25) is 0 Å². The van der Waals surface area contributed by atoms with Gasteiger partial charge < -0.3 is 4.90 Å². The Labute approximate surface area is 279 Å². The van der Waals surface area contributed by atoms with Crippen molar-refractivity contribution in [3.05, 3.63) is 152 Å². The van der Waals surface area contributed by atoms with Crippen molar-refractivity contribution in [1.82, 2.24) is 19.9 Å². The van der Waals surface area contributed by atoms with Crippen LogP contribution in [-0.4, -0.2) is 19.9 Å². The fourth-order valence-electron chi connectivity index (χ4n) is 5.82. The first-order valence-corrected chi connectivity index (χ1v) is 16.9. The lowest BCUT2D eigenvalue weighted by molar-refractivity contribution is 1.27. The lowest BCUT2D eigenvalue weighted by Crippen LogP contribution is -2.09. The molecule has 3 aromatic heterocycles. The standard InChI is InChI=1S/C40H25N5S2/c1-2-8-33-32(7-1)41-25-36(42-33)26-13-19-29(20-14-26)45(30-21-15-27(16-22-30)39-43-34-9-3-5-11-37(34)46-39)31-23-17-28(18-24-31)40-44-35-10-4-6-12-38(35)47-40/h1-25H. The molecule has 0 amide bonds. The van der Waals surface area contributed by atoms with Gasteiger partial charge in [0.15, 0.2) is 0 Å². The topological polar surface area (TPSA) is 54.8 Å². The first kappa shape index (κ1) is 27.5. The molecule has 222 valence electrons. The maximum atomic E-state index is 4.87. The summed E-state index contributed by atoms with van der Waals surface area (Å²) < 4.78 is 2.38. The number of nitrogens with zero attached hydrogens (tertiary/aromatic N) is 5. The van der Waals surface area contributed by atoms with Crippen LogP contribution < -0.4 is 4.90 Å². The van der Waals surface area contributed by atoms with E-state index in [9.17, 15) is 0 Å². The summed E-state index contributed by atoms with van der Waals surface area (Å²) in [6.45, 7) is 0. The number of rotatable bonds is 6. The summed E-state index contributed by atoms with van der Waals surface area (Å²) in [5.41, 5.74) is 11.1. The minimum absolute atomic E-state index is 0.849. The van der Waals surface area contributed by atoms with E-state index in [2.05, 4.69) is 119 Å². The molecule has 47 heavy (non-hydrogen) atoms. The molecule has 0 aliphatic carbocycles. The number of para-hydroxylation sites is 4. The number of fused-ring (bicyclic) bond motifs is 3. The van der Waals surface area contributed by atoms with Gasteiger partial charge in [-0.15, -0.1) is 22.7 Å². The normalized spacial score (nSPS) is 11.4. The third kappa shape index (κ3) is 5.21. The maximum absolute atomic E-state index is 4.87. The Morgan fingerprint density at radius 1 is 0.383 bits per heavy atom. The number of aromatic nitrogens is 4. The van der Waals surface area contributed by atoms with E-state index in [1.54, 1.807) is 22.7 Å². The smallest absolute Gasteiger partial charge is 0.124 e. The van der Waals surface area contributed by atoms with Gasteiger partial charge in [-0.25, -0.2) is 15.0 Å². The predicted octanol–water partition coefficient (Wildman–Crippen LogP) is 11.3. The Kier molecular flexibility index (Phi) is 6.77. The number of hydrogen-bond donors (Lipinski definition) is 0. The van der Waals surface area contributed by atoms with Crippen molar-refractivity contribution in [2.75, 3.05) is 4.90 Å². The van der Waals surface area contributed by atoms with Crippen LogP contribution in [0.25, 0.3) is 63.9 Å². The largest absolute Gasteiger partial charge is 0.311 e. The van der Waals surface area contributed by atoms with Gasteiger partial charge in [-0.1, -0.05) is 48.5 Å². The Morgan fingerprint density at radius 2 is 0.809 bits per heavy atom. The van der Waals surface area contributed by atoms with Crippen molar-refractivity contribution < 1.29 is 0 Å². The van der Waals surface area contributed by atoms with Crippen LogP contribution in [0.3, 0.4) is 0 Å². The molecule has 0 saturated heterocycles. The third-order valence-corrected chi connectivity index (χ3v) is 10.4. The first-order valence-electron chi connectivity index (χ1n) is 15.3. The molecule has 0 bridgehead atoms. The molecular formula is C40H25N5S2. The molecule has 0 radical (unpaired) electrons. The zero-order chi connectivity index (χ0) is 31.2. The molecule has 0 fully saturated rings. The third-order valence-electron chi connectivity index (χ3n) is 8.20. The van der Waals surface area contributed by atoms with Crippen molar-refractivity contribution in [3.8, 4) is 32.4 Å². The average molecular weight is 640 g/mol. The van der Waals surface area contributed by atoms with Crippen LogP contribution in [0.1, 0.15) is 0 Å². The second-order valence-electron chi connectivity index (χ2n) is 11.2. The number of thiazole rings is 2. The van der Waals surface area contributed by atoms with Gasteiger partial charge in [-0.3, -0.25) is 4.98 Å². The van der Waals surface area contributed by atoms with Gasteiger partial charge in [0.1, 0.15) is 10.0 Å². The van der Waals surface area contributed by atoms with Gasteiger partial charge in [0.25, 0.3) is 0 Å². The summed E-state index contributed by atoms with van der Waals surface area (Å²) >= 11 is 3.44. The molecule has 0 spiro atoms. The first-order chi connectivity index (χ1) is 23.2. The van der Waals surface area contributed by atoms with Gasteiger partial charge in [0.2, 0.25) is 0 Å². The summed E-state index contributed by atoms with van der Waals surface area (Å²) in [6, 6.07) is 50.4. The van der Waals surface area contributed by atoms with E-state index < -0.39 is 0 Å². The maximum Gasteiger partial charge on any atom is 0.124 e. The van der Waals surface area contributed by atoms with Gasteiger partial charge in [-0.2, -0.15) is 0 Å². The number of anilines is 3. The van der Waals surface area contributed by atoms with E-state index in [1.165, 1.54) is 9.40 Å². The summed E-state index contributed by atoms with van der Waals surface area (Å²) in [6.07, 6.45) is 1.84. The molecular weight excluding hydrogens is 615 g/mol. The molecule has 6 aromatic carbocycles. The van der Waals surface area contributed by atoms with Crippen molar-refractivity contribution in [3.63, 3.8) is 0 Å². The fraction of sp³-hybridized carbons (Fsp3) is 0. The molecule has 0 atom stereocenters. The number of hydrogen-bond acceptors (Lipinski definition) is 7. The van der Waals surface area contributed by atoms with Gasteiger partial charge >= 0.3 is 0 Å². The molecule has 0 saturated carbocycles. The zero-order valence-corrected chi connectivity index (χ0v) is 26.6. The molecule has 0 unspecified atom stereocenters. The monoisotopic (exact) mass is 639 g/mol. The molecule has 0 aliphatic rings. The summed E-state index contributed by atoms with van der Waals surface area (Å²) in [7, 11) is 0. The predicted molar refractivity (Wildman–Crippen MR) is 197 cm³/mol. The van der Waals surface area contributed by atoms with Crippen LogP contribution in [0, 0.1) is 0 Å². The quantitative estimate of drug-likeness (QED) is 0.181. The summed E-state index contributed by atoms with van der Waals surface area (Å²) in [5.74, 6) is 0. The van der Waals surface area contributed by atoms with Crippen molar-refractivity contribution in [2.45, 2.75) is 0 Å². The molecule has 5 nitrogen and oxygen atoms in total. The Morgan fingerprint density at radius 3 is 1.30 bits per heavy atom. The summed E-state index contributed by atoms with van der Waals surface area (Å²) in [5, 5.41) is 2.04. The van der Waals surface area contributed by atoms with Crippen LogP contribution in [0.15, 0.2) is 152 Å². The minimum atomic E-state index is 0.849. The van der Waals surface area contributed by atoms with Crippen molar-refractivity contribution >= 4 is 71.2 Å². The minimum Gasteiger partial charge on any atom is -0.311 e. The van der Waals surface area contributed by atoms with E-state index in [-0.39, 0.29) is 0 Å². The Balaban J connectivity index is 1.09. The SMILES string of the molecule is c1ccc2nc(-c3ccc(N(c4ccc(-c5nc6ccccc6s5)cc4)c4ccc(-c5nc6ccccc6s5)cc4)cc3)cnc2c1. The second kappa shape index (κ2) is 11.6. The van der Waals surface area contributed by atoms with Crippen LogP contribution in [0.4, 0.5) is 17.1 Å². The highest BCUT2D eigenvalue weighted by atomic mass is 32.1. The lowest BCUT2D eigenvalue weighted by Gasteiger charge is -2.26. The summed E-state index contributed by atoms with van der Waals surface area (Å²) in [4.78, 5) is 21.5. The molecule has 9 rings (SSSR count). The van der Waals surface area contributed by atoms with Crippen molar-refractivity contribution in [1.29, 1.82) is 0 Å². The van der Waals surface area contributed by atoms with Crippen LogP contribution >= 0.6 is 22.7 Å². The van der Waals surface area contributed by atoms with Gasteiger partial charge in [-0.05, 0) is 97.1 Å². The molecule has 0 aliphatic heterocycles. The van der Waals surface area contributed by atoms with E-state index in [1.807, 2.05) is 42.6 Å². The fourth-order valence-corrected chi connectivity index (χ4v) is 7.76. The van der Waals surface area contributed by atoms with E-state index in [4.69, 9.17) is 15.0 Å². The molecule has 9 aromatic rings. The van der Waals surface area contributed by atoms with Gasteiger partial charge in [0.05, 0.1) is 43.4 Å². The highest BCUT2D eigenvalue weighted by Gasteiger charge is 2.16. The average Bonchev–Trinajstić information content (AvgIpc) is 3.78. The number of benzene rings is 6. The second-order valence-corrected chi connectivity index (χ2v) is 13.3. The van der Waals surface area contributed by atoms with Crippen molar-refractivity contribution in [2.24, 2.45) is 0 Å². The molecule has 3 heterocycles. The van der Waals surface area contributed by atoms with Crippen LogP contribution in [0.5, 0.6) is 0 Å². The highest BCUT2D eigenvalue weighted by Crippen LogP contribution is 2.39. The van der Waals surface area contributed by atoms with E-state index >= 15 is 0 Å². The zero-order valence-electron chi connectivity index (χ0n) is 25.0. The Bertz CT molecular complexity index is 2330. The van der Waals surface area contributed by atoms with E-state index in [0.717, 1.165) is 71.5 Å². The van der Waals surface area contributed by atoms with Gasteiger partial charge in [0, 0.05) is 33.8 Å². The molecule has 0 N–H and O–H groups in total. The van der Waals surface area contributed by atoms with E-state index in [0.29, 0.717) is 0 Å². The lowest BCUT2D eigenvalue weighted by atomic mass is 10.1. The highest BCUT2D eigenvalue weighted by molar-refractivity contribution is 7.22. The Hall–Kier alpha value is -5.76. The van der Waals surface area contributed by atoms with Crippen LogP contribution in [-0.2, 0) is 0 Å². The molecule has 7 heteroatoms.